The Morgan fingerprint density at radius 2 is 2.04 bits per heavy atom. The summed E-state index contributed by atoms with van der Waals surface area (Å²) in [6, 6.07) is 3.80. The largest absolute Gasteiger partial charge is 0.387 e. The number of benzene rings is 1. The minimum atomic E-state index is -2.66. The molecule has 0 spiro atoms. The first-order valence-corrected chi connectivity index (χ1v) is 7.39. The van der Waals surface area contributed by atoms with E-state index in [-0.39, 0.29) is 17.4 Å². The van der Waals surface area contributed by atoms with Gasteiger partial charge >= 0.3 is 0 Å². The Kier molecular flexibility index (Phi) is 4.56. The lowest BCUT2D eigenvalue weighted by Crippen LogP contribution is -2.37. The Morgan fingerprint density at radius 1 is 1.26 bits per heavy atom. The molecule has 0 radical (unpaired) electrons. The molecule has 1 aromatic heterocycles. The van der Waals surface area contributed by atoms with Gasteiger partial charge in [-0.15, -0.1) is 10.2 Å². The SMILES string of the molecule is O[C@@H](CN1CCn2c(nnc2C(F)F)C1)c1ccc(F)cc1Cl. The number of aliphatic hydroxyl groups excluding tert-OH is 1. The van der Waals surface area contributed by atoms with Gasteiger partial charge in [-0.2, -0.15) is 0 Å². The quantitative estimate of drug-likeness (QED) is 0.924. The molecule has 124 valence electrons. The number of aromatic nitrogens is 3. The third-order valence-electron chi connectivity index (χ3n) is 3.81. The molecule has 23 heavy (non-hydrogen) atoms. The molecule has 0 fully saturated rings. The fourth-order valence-corrected chi connectivity index (χ4v) is 2.96. The predicted octanol–water partition coefficient (Wildman–Crippen LogP) is 2.56. The van der Waals surface area contributed by atoms with Gasteiger partial charge < -0.3 is 9.67 Å². The van der Waals surface area contributed by atoms with Crippen molar-refractivity contribution in [2.75, 3.05) is 13.1 Å². The summed E-state index contributed by atoms with van der Waals surface area (Å²) >= 11 is 5.93. The maximum Gasteiger partial charge on any atom is 0.297 e. The standard InChI is InChI=1S/C14H14ClF3N4O/c15-10-5-8(16)1-2-9(10)11(23)6-21-3-4-22-12(7-21)19-20-14(22)13(17)18/h1-2,5,11,13,23H,3-4,6-7H2/t11-/m0/s1. The first kappa shape index (κ1) is 16.2. The molecule has 2 heterocycles. The van der Waals surface area contributed by atoms with Crippen molar-refractivity contribution in [3.8, 4) is 0 Å². The molecule has 3 rings (SSSR count). The predicted molar refractivity (Wildman–Crippen MR) is 76.6 cm³/mol. The third kappa shape index (κ3) is 3.34. The minimum Gasteiger partial charge on any atom is -0.387 e. The van der Waals surface area contributed by atoms with Gasteiger partial charge in [-0.3, -0.25) is 4.90 Å². The maximum atomic E-state index is 13.0. The lowest BCUT2D eigenvalue weighted by molar-refractivity contribution is 0.0910. The molecule has 1 aliphatic rings. The van der Waals surface area contributed by atoms with Crippen molar-refractivity contribution in [2.24, 2.45) is 0 Å². The molecule has 5 nitrogen and oxygen atoms in total. The summed E-state index contributed by atoms with van der Waals surface area (Å²) in [5, 5.41) is 17.7. The van der Waals surface area contributed by atoms with Crippen LogP contribution in [0.3, 0.4) is 0 Å². The Bertz CT molecular complexity index is 709. The van der Waals surface area contributed by atoms with Crippen molar-refractivity contribution in [3.05, 3.63) is 46.3 Å². The van der Waals surface area contributed by atoms with Crippen molar-refractivity contribution in [1.82, 2.24) is 19.7 Å². The Balaban J connectivity index is 1.69. The number of aliphatic hydroxyl groups is 1. The van der Waals surface area contributed by atoms with E-state index in [4.69, 9.17) is 11.6 Å². The van der Waals surface area contributed by atoms with Crippen LogP contribution in [0, 0.1) is 5.82 Å². The van der Waals surface area contributed by atoms with Gasteiger partial charge in [0.1, 0.15) is 11.6 Å². The van der Waals surface area contributed by atoms with E-state index in [1.54, 1.807) is 0 Å². The van der Waals surface area contributed by atoms with E-state index in [0.717, 1.165) is 6.07 Å². The second-order valence-electron chi connectivity index (χ2n) is 5.34. The Labute approximate surface area is 135 Å². The number of nitrogens with zero attached hydrogens (tertiary/aromatic N) is 4. The first-order valence-electron chi connectivity index (χ1n) is 7.01. The fourth-order valence-electron chi connectivity index (χ4n) is 2.66. The maximum absolute atomic E-state index is 13.0. The van der Waals surface area contributed by atoms with E-state index in [1.165, 1.54) is 16.7 Å². The van der Waals surface area contributed by atoms with E-state index in [1.807, 2.05) is 4.90 Å². The minimum absolute atomic E-state index is 0.151. The van der Waals surface area contributed by atoms with Crippen LogP contribution in [-0.2, 0) is 13.1 Å². The Morgan fingerprint density at radius 3 is 2.74 bits per heavy atom. The summed E-state index contributed by atoms with van der Waals surface area (Å²) in [6.45, 7) is 1.34. The fraction of sp³-hybridized carbons (Fsp3) is 0.429. The van der Waals surface area contributed by atoms with Crippen LogP contribution < -0.4 is 0 Å². The van der Waals surface area contributed by atoms with Gasteiger partial charge in [-0.25, -0.2) is 13.2 Å². The second kappa shape index (κ2) is 6.46. The van der Waals surface area contributed by atoms with Gasteiger partial charge in [0.2, 0.25) is 0 Å². The molecular weight excluding hydrogens is 333 g/mol. The van der Waals surface area contributed by atoms with Crippen LogP contribution in [0.15, 0.2) is 18.2 Å². The molecule has 0 amide bonds. The number of fused-ring (bicyclic) bond motifs is 1. The van der Waals surface area contributed by atoms with E-state index in [0.29, 0.717) is 31.0 Å². The monoisotopic (exact) mass is 346 g/mol. The lowest BCUT2D eigenvalue weighted by Gasteiger charge is -2.29. The molecule has 0 saturated heterocycles. The number of hydrogen-bond donors (Lipinski definition) is 1. The van der Waals surface area contributed by atoms with Crippen molar-refractivity contribution in [1.29, 1.82) is 0 Å². The molecule has 0 bridgehead atoms. The summed E-state index contributed by atoms with van der Waals surface area (Å²) in [4.78, 5) is 1.86. The molecular formula is C14H14ClF3N4O. The van der Waals surface area contributed by atoms with Crippen molar-refractivity contribution in [2.45, 2.75) is 25.6 Å². The van der Waals surface area contributed by atoms with Crippen LogP contribution in [0.4, 0.5) is 13.2 Å². The summed E-state index contributed by atoms with van der Waals surface area (Å²) in [5.41, 5.74) is 0.424. The molecule has 0 saturated carbocycles. The zero-order chi connectivity index (χ0) is 16.6. The zero-order valence-electron chi connectivity index (χ0n) is 12.0. The first-order chi connectivity index (χ1) is 11.0. The van der Waals surface area contributed by atoms with E-state index < -0.39 is 18.3 Å². The summed E-state index contributed by atoms with van der Waals surface area (Å²) in [6.07, 6.45) is -3.57. The highest BCUT2D eigenvalue weighted by molar-refractivity contribution is 6.31. The van der Waals surface area contributed by atoms with Crippen LogP contribution in [0.5, 0.6) is 0 Å². The molecule has 1 N–H and O–H groups in total. The van der Waals surface area contributed by atoms with Gasteiger partial charge in [0.15, 0.2) is 5.82 Å². The molecule has 2 aromatic rings. The van der Waals surface area contributed by atoms with Gasteiger partial charge in [0, 0.05) is 30.2 Å². The van der Waals surface area contributed by atoms with Gasteiger partial charge in [-0.05, 0) is 12.1 Å². The van der Waals surface area contributed by atoms with Gasteiger partial charge in [-0.1, -0.05) is 17.7 Å². The molecule has 0 aliphatic carbocycles. The molecule has 1 atom stereocenters. The van der Waals surface area contributed by atoms with Crippen LogP contribution >= 0.6 is 11.6 Å². The van der Waals surface area contributed by atoms with E-state index in [9.17, 15) is 18.3 Å². The van der Waals surface area contributed by atoms with Crippen LogP contribution in [0.1, 0.15) is 29.7 Å². The number of hydrogen-bond acceptors (Lipinski definition) is 4. The topological polar surface area (TPSA) is 54.2 Å². The van der Waals surface area contributed by atoms with E-state index in [2.05, 4.69) is 10.2 Å². The van der Waals surface area contributed by atoms with Gasteiger partial charge in [0.05, 0.1) is 12.6 Å². The number of β-amino-alcohol motifs (C(OH)–C–C–N with tert-alkyl or cyclic N) is 1. The summed E-state index contributed by atoms with van der Waals surface area (Å²) in [5.74, 6) is -0.373. The zero-order valence-corrected chi connectivity index (χ0v) is 12.7. The molecule has 0 unspecified atom stereocenters. The number of halogens is 4. The van der Waals surface area contributed by atoms with E-state index >= 15 is 0 Å². The third-order valence-corrected chi connectivity index (χ3v) is 4.14. The molecule has 9 heteroatoms. The number of rotatable bonds is 4. The lowest BCUT2D eigenvalue weighted by atomic mass is 10.1. The van der Waals surface area contributed by atoms with Crippen molar-refractivity contribution in [3.63, 3.8) is 0 Å². The van der Waals surface area contributed by atoms with Crippen LogP contribution in [-0.4, -0.2) is 37.9 Å². The van der Waals surface area contributed by atoms with Crippen molar-refractivity contribution >= 4 is 11.6 Å². The highest BCUT2D eigenvalue weighted by atomic mass is 35.5. The average molecular weight is 347 g/mol. The van der Waals surface area contributed by atoms with Crippen molar-refractivity contribution < 1.29 is 18.3 Å². The molecule has 1 aliphatic heterocycles. The number of alkyl halides is 2. The summed E-state index contributed by atoms with van der Waals surface area (Å²) < 4.78 is 40.0. The molecule has 1 aromatic carbocycles. The van der Waals surface area contributed by atoms with Crippen LogP contribution in [0.25, 0.3) is 0 Å². The highest BCUT2D eigenvalue weighted by Gasteiger charge is 2.26. The average Bonchev–Trinajstić information content (AvgIpc) is 2.90. The smallest absolute Gasteiger partial charge is 0.297 e. The van der Waals surface area contributed by atoms with Gasteiger partial charge in [0.25, 0.3) is 6.43 Å². The second-order valence-corrected chi connectivity index (χ2v) is 5.75. The summed E-state index contributed by atoms with van der Waals surface area (Å²) in [7, 11) is 0. The normalized spacial score (nSPS) is 16.6. The Hall–Kier alpha value is -1.64. The highest BCUT2D eigenvalue weighted by Crippen LogP contribution is 2.26. The van der Waals surface area contributed by atoms with Crippen LogP contribution in [0.2, 0.25) is 5.02 Å².